The molecule has 93 heavy (non-hydrogen) atoms. The van der Waals surface area contributed by atoms with Crippen molar-refractivity contribution in [1.82, 2.24) is 0 Å². The van der Waals surface area contributed by atoms with Gasteiger partial charge in [-0.05, 0) is 198 Å². The lowest BCUT2D eigenvalue weighted by Gasteiger charge is -2.26. The summed E-state index contributed by atoms with van der Waals surface area (Å²) in [5.41, 5.74) is 14.7. The Morgan fingerprint density at radius 2 is 0.570 bits per heavy atom. The zero-order valence-corrected chi connectivity index (χ0v) is 53.5. The summed E-state index contributed by atoms with van der Waals surface area (Å²) in [6.07, 6.45) is 1.22. The molecule has 10 aromatic carbocycles. The fourth-order valence-electron chi connectivity index (χ4n) is 9.49. The molecule has 3 atom stereocenters. The highest BCUT2D eigenvalue weighted by atomic mass is 16.6. The van der Waals surface area contributed by atoms with Gasteiger partial charge in [-0.25, -0.2) is 14.4 Å². The van der Waals surface area contributed by atoms with Crippen LogP contribution in [0.25, 0.3) is 11.1 Å². The van der Waals surface area contributed by atoms with E-state index >= 15 is 0 Å². The number of ether oxygens (including phenoxy) is 6. The van der Waals surface area contributed by atoms with E-state index in [1.165, 1.54) is 22.3 Å². The van der Waals surface area contributed by atoms with Gasteiger partial charge in [-0.2, -0.15) is 0 Å². The van der Waals surface area contributed by atoms with Gasteiger partial charge < -0.3 is 43.1 Å². The van der Waals surface area contributed by atoms with E-state index in [9.17, 15) is 14.4 Å². The largest absolute Gasteiger partial charge is 0.490 e. The van der Waals surface area contributed by atoms with Crippen molar-refractivity contribution in [2.75, 3.05) is 34.5 Å². The van der Waals surface area contributed by atoms with Crippen molar-refractivity contribution in [2.45, 2.75) is 59.9 Å². The number of para-hydroxylation sites is 4. The van der Waals surface area contributed by atoms with Gasteiger partial charge in [-0.1, -0.05) is 152 Å². The zero-order chi connectivity index (χ0) is 65.9. The highest BCUT2D eigenvalue weighted by Crippen LogP contribution is 2.39. The molecule has 0 aliphatic heterocycles. The quantitative estimate of drug-likeness (QED) is 0.0308. The fourth-order valence-corrected chi connectivity index (χ4v) is 9.49. The Labute approximate surface area is 547 Å². The van der Waals surface area contributed by atoms with Crippen molar-refractivity contribution in [3.05, 3.63) is 316 Å². The van der Waals surface area contributed by atoms with Crippen LogP contribution in [-0.4, -0.2) is 56.0 Å². The molecule has 0 saturated heterocycles. The molecule has 0 bridgehead atoms. The van der Waals surface area contributed by atoms with Crippen LogP contribution >= 0.6 is 0 Å². The van der Waals surface area contributed by atoms with Crippen LogP contribution in [0.1, 0.15) is 38.8 Å². The monoisotopic (exact) mass is 1240 g/mol. The Kier molecular flexibility index (Phi) is 25.1. The summed E-state index contributed by atoms with van der Waals surface area (Å²) >= 11 is 0. The Bertz CT molecular complexity index is 3870. The van der Waals surface area contributed by atoms with Crippen molar-refractivity contribution in [2.24, 2.45) is 0 Å². The highest BCUT2D eigenvalue weighted by molar-refractivity contribution is 5.87. The molecule has 472 valence electrons. The maximum Gasteiger partial charge on any atom is 0.333 e. The van der Waals surface area contributed by atoms with Gasteiger partial charge in [0.1, 0.15) is 55.4 Å². The molecule has 10 aromatic rings. The van der Waals surface area contributed by atoms with Crippen LogP contribution in [0.3, 0.4) is 0 Å². The van der Waals surface area contributed by atoms with Gasteiger partial charge in [-0.15, -0.1) is 0 Å². The summed E-state index contributed by atoms with van der Waals surface area (Å²) in [6, 6.07) is 90.1. The Balaban J connectivity index is 0.000000181. The minimum absolute atomic E-state index is 0.265. The minimum atomic E-state index is -0.455. The number of hydrogen-bond donors (Lipinski definition) is 0. The van der Waals surface area contributed by atoms with Crippen molar-refractivity contribution < 1.29 is 42.8 Å². The predicted molar refractivity (Wildman–Crippen MR) is 377 cm³/mol. The maximum atomic E-state index is 11.6. The lowest BCUT2D eigenvalue weighted by Crippen LogP contribution is -2.22. The summed E-state index contributed by atoms with van der Waals surface area (Å²) in [5.74, 6) is 0.826. The Morgan fingerprint density at radius 3 is 0.839 bits per heavy atom. The molecule has 0 amide bonds. The third-order valence-electron chi connectivity index (χ3n) is 14.2. The Morgan fingerprint density at radius 1 is 0.344 bits per heavy atom. The van der Waals surface area contributed by atoms with Crippen LogP contribution in [0, 0.1) is 13.8 Å². The van der Waals surface area contributed by atoms with Crippen molar-refractivity contribution in [3.63, 3.8) is 0 Å². The van der Waals surface area contributed by atoms with Crippen molar-refractivity contribution in [3.8, 4) is 28.4 Å². The van der Waals surface area contributed by atoms with Crippen LogP contribution in [0.5, 0.6) is 17.2 Å². The fraction of sp³-hybridized carbons (Fsp3) is 0.148. The predicted octanol–water partition coefficient (Wildman–Crippen LogP) is 19.6. The standard InChI is InChI=1S/C32H31NO3.C25H25NO3.C24H23NO3/c1-5-32(34)36-25(4)22-35-31-20-18-30(19-21-31)33(28-14-8-24(3)9-15-28)29-16-12-27(13-17-29)26-10-6-23(2)7-11-26;1-19(2)25(27)29-20(3)18-28-24-16-14-23(15-17-24)26(21-10-6-4-7-11-21)22-12-8-5-9-13-22;1-3-24(26)28-19(2)18-27-23-16-14-22(15-17-23)25(20-10-6-4-7-11-20)21-12-8-5-9-13-21/h5-21,25H,1,22H2,2-4H3;4-17,20H,1,18H2,2-3H3;3-17,19H,1,18H2,2H3. The first-order valence-electron chi connectivity index (χ1n) is 30.7. The van der Waals surface area contributed by atoms with E-state index in [1.54, 1.807) is 27.7 Å². The molecule has 12 nitrogen and oxygen atoms in total. The average Bonchev–Trinajstić information content (AvgIpc) is 0.890. The summed E-state index contributed by atoms with van der Waals surface area (Å²) in [5, 5.41) is 0. The number of rotatable bonds is 25. The molecule has 3 unspecified atom stereocenters. The second-order valence-corrected chi connectivity index (χ2v) is 21.9. The maximum absolute atomic E-state index is 11.6. The van der Waals surface area contributed by atoms with Gasteiger partial charge in [0.15, 0.2) is 0 Å². The van der Waals surface area contributed by atoms with Crippen LogP contribution in [0.15, 0.2) is 304 Å². The second-order valence-electron chi connectivity index (χ2n) is 21.9. The molecule has 0 heterocycles. The van der Waals surface area contributed by atoms with Gasteiger partial charge in [0, 0.05) is 68.9 Å². The normalized spacial score (nSPS) is 11.4. The van der Waals surface area contributed by atoms with E-state index < -0.39 is 17.9 Å². The first-order valence-corrected chi connectivity index (χ1v) is 30.7. The smallest absolute Gasteiger partial charge is 0.333 e. The van der Waals surface area contributed by atoms with Crippen molar-refractivity contribution >= 4 is 69.1 Å². The minimum Gasteiger partial charge on any atom is -0.490 e. The number of nitrogens with zero attached hydrogens (tertiary/aromatic N) is 3. The van der Waals surface area contributed by atoms with Gasteiger partial charge in [0.25, 0.3) is 0 Å². The first kappa shape index (κ1) is 67.6. The first-order chi connectivity index (χ1) is 45.1. The molecule has 12 heteroatoms. The SMILES string of the molecule is C=C(C)C(=O)OC(C)COc1ccc(N(c2ccccc2)c2ccccc2)cc1.C=CC(=O)OC(C)COc1ccc(N(c2ccc(C)cc2)c2ccc(-c3ccc(C)cc3)cc2)cc1.C=CC(=O)OC(C)COc1ccc(N(c2ccccc2)c2ccccc2)cc1. The molecule has 0 fully saturated rings. The molecule has 10 rings (SSSR count). The topological polar surface area (TPSA) is 116 Å². The lowest BCUT2D eigenvalue weighted by atomic mass is 10.0. The molecular formula is C81H79N3O9. The van der Waals surface area contributed by atoms with E-state index in [0.717, 1.165) is 63.3 Å². The summed E-state index contributed by atoms with van der Waals surface area (Å²) in [7, 11) is 0. The van der Waals surface area contributed by atoms with Gasteiger partial charge >= 0.3 is 17.9 Å². The third-order valence-corrected chi connectivity index (χ3v) is 14.2. The molecule has 0 saturated carbocycles. The molecule has 0 radical (unpaired) electrons. The molecule has 0 aliphatic carbocycles. The van der Waals surface area contributed by atoms with Gasteiger partial charge in [0.05, 0.1) is 0 Å². The lowest BCUT2D eigenvalue weighted by molar-refractivity contribution is -0.145. The third kappa shape index (κ3) is 20.6. The number of anilines is 9. The average molecular weight is 1240 g/mol. The summed E-state index contributed by atoms with van der Waals surface area (Å²) < 4.78 is 32.8. The van der Waals surface area contributed by atoms with Crippen molar-refractivity contribution in [1.29, 1.82) is 0 Å². The molecule has 0 N–H and O–H groups in total. The number of aryl methyl sites for hydroxylation is 2. The molecular weight excluding hydrogens is 1160 g/mol. The van der Waals surface area contributed by atoms with E-state index in [4.69, 9.17) is 28.4 Å². The number of carbonyl (C=O) groups is 3. The number of esters is 3. The zero-order valence-electron chi connectivity index (χ0n) is 53.5. The van der Waals surface area contributed by atoms with E-state index in [0.29, 0.717) is 22.8 Å². The molecule has 0 spiro atoms. The number of benzene rings is 10. The summed E-state index contributed by atoms with van der Waals surface area (Å²) in [4.78, 5) is 40.7. The molecule has 0 aromatic heterocycles. The van der Waals surface area contributed by atoms with Crippen LogP contribution in [-0.2, 0) is 28.6 Å². The van der Waals surface area contributed by atoms with Crippen LogP contribution in [0.4, 0.5) is 51.2 Å². The Hall–Kier alpha value is -11.4. The second kappa shape index (κ2) is 34.6. The molecule has 0 aliphatic rings. The van der Waals surface area contributed by atoms with E-state index in [1.807, 2.05) is 146 Å². The number of carbonyl (C=O) groups excluding carboxylic acids is 3. The van der Waals surface area contributed by atoms with E-state index in [-0.39, 0.29) is 38.1 Å². The van der Waals surface area contributed by atoms with Gasteiger partial charge in [-0.3, -0.25) is 0 Å². The van der Waals surface area contributed by atoms with Gasteiger partial charge in [0.2, 0.25) is 0 Å². The van der Waals surface area contributed by atoms with E-state index in [2.05, 4.69) is 170 Å². The highest BCUT2D eigenvalue weighted by Gasteiger charge is 2.18. The summed E-state index contributed by atoms with van der Waals surface area (Å²) in [6.45, 7) is 22.4. The van der Waals surface area contributed by atoms with Crippen LogP contribution < -0.4 is 28.9 Å². The number of hydrogen-bond acceptors (Lipinski definition) is 12. The van der Waals surface area contributed by atoms with Crippen LogP contribution in [0.2, 0.25) is 0 Å².